The van der Waals surface area contributed by atoms with Gasteiger partial charge in [0.25, 0.3) is 5.91 Å². The molecule has 0 radical (unpaired) electrons. The number of amides is 2. The average Bonchev–Trinajstić information content (AvgIpc) is 3.58. The Kier molecular flexibility index (Phi) is 4.32. The summed E-state index contributed by atoms with van der Waals surface area (Å²) < 4.78 is 19.3. The lowest BCUT2D eigenvalue weighted by Gasteiger charge is -2.18. The monoisotopic (exact) mass is 416 g/mol. The molecular formula is C25H21FN2O3. The second-order valence-corrected chi connectivity index (χ2v) is 8.19. The third kappa shape index (κ3) is 3.24. The standard InChI is InChI=1S/C25H21FN2O3/c1-15-3-9-22-20(13-15)28(2)23(29)19-14-18(8-10-21(19)31-22)27-24(30)25(11-12-25)16-4-6-17(26)7-5-16/h3-10,13-14H,11-12H2,1-2H3,(H,27,30). The number of benzene rings is 3. The van der Waals surface area contributed by atoms with Gasteiger partial charge in [0.05, 0.1) is 16.7 Å². The zero-order valence-corrected chi connectivity index (χ0v) is 17.2. The topological polar surface area (TPSA) is 58.6 Å². The number of carbonyl (C=O) groups is 2. The fourth-order valence-electron chi connectivity index (χ4n) is 4.04. The Bertz CT molecular complexity index is 1220. The third-order valence-electron chi connectivity index (χ3n) is 6.05. The highest BCUT2D eigenvalue weighted by molar-refractivity contribution is 6.10. The smallest absolute Gasteiger partial charge is 0.261 e. The molecule has 3 aromatic carbocycles. The van der Waals surface area contributed by atoms with Crippen molar-refractivity contribution < 1.29 is 18.7 Å². The van der Waals surface area contributed by atoms with E-state index in [1.165, 1.54) is 12.1 Å². The maximum absolute atomic E-state index is 13.3. The molecule has 6 heteroatoms. The lowest BCUT2D eigenvalue weighted by Crippen LogP contribution is -2.28. The minimum absolute atomic E-state index is 0.159. The molecule has 1 N–H and O–H groups in total. The van der Waals surface area contributed by atoms with Gasteiger partial charge in [0.2, 0.25) is 5.91 Å². The molecule has 2 amide bonds. The van der Waals surface area contributed by atoms with Crippen molar-refractivity contribution in [3.05, 3.63) is 83.2 Å². The van der Waals surface area contributed by atoms with Crippen molar-refractivity contribution in [2.75, 3.05) is 17.3 Å². The van der Waals surface area contributed by atoms with Crippen LogP contribution in [0.3, 0.4) is 0 Å². The van der Waals surface area contributed by atoms with Crippen LogP contribution >= 0.6 is 0 Å². The predicted molar refractivity (Wildman–Crippen MR) is 116 cm³/mol. The van der Waals surface area contributed by atoms with Crippen molar-refractivity contribution in [3.63, 3.8) is 0 Å². The first-order valence-electron chi connectivity index (χ1n) is 10.2. The van der Waals surface area contributed by atoms with Gasteiger partial charge in [0.15, 0.2) is 5.75 Å². The number of hydrogen-bond acceptors (Lipinski definition) is 3. The lowest BCUT2D eigenvalue weighted by molar-refractivity contribution is -0.118. The van der Waals surface area contributed by atoms with Crippen LogP contribution in [0, 0.1) is 12.7 Å². The maximum atomic E-state index is 13.3. The number of ether oxygens (including phenoxy) is 1. The number of nitrogens with one attached hydrogen (secondary N) is 1. The summed E-state index contributed by atoms with van der Waals surface area (Å²) in [5, 5.41) is 2.94. The van der Waals surface area contributed by atoms with Crippen LogP contribution in [0.4, 0.5) is 15.8 Å². The minimum Gasteiger partial charge on any atom is -0.454 e. The van der Waals surface area contributed by atoms with Crippen LogP contribution in [0.1, 0.15) is 34.3 Å². The first-order valence-corrected chi connectivity index (χ1v) is 10.2. The first-order chi connectivity index (χ1) is 14.9. The number of fused-ring (bicyclic) bond motifs is 2. The molecule has 0 saturated heterocycles. The van der Waals surface area contributed by atoms with E-state index in [0.29, 0.717) is 41.3 Å². The van der Waals surface area contributed by atoms with Gasteiger partial charge in [-0.25, -0.2) is 4.39 Å². The molecule has 156 valence electrons. The molecule has 5 nitrogen and oxygen atoms in total. The molecule has 0 atom stereocenters. The molecule has 0 bridgehead atoms. The SMILES string of the molecule is Cc1ccc2c(c1)N(C)C(=O)c1cc(NC(=O)C3(c4ccc(F)cc4)CC3)ccc1O2. The van der Waals surface area contributed by atoms with Crippen molar-refractivity contribution in [2.45, 2.75) is 25.2 Å². The Morgan fingerprint density at radius 2 is 1.74 bits per heavy atom. The summed E-state index contributed by atoms with van der Waals surface area (Å²) in [6.07, 6.45) is 1.41. The van der Waals surface area contributed by atoms with Crippen molar-refractivity contribution in [3.8, 4) is 11.5 Å². The van der Waals surface area contributed by atoms with Gasteiger partial charge in [-0.05, 0) is 73.4 Å². The van der Waals surface area contributed by atoms with E-state index in [2.05, 4.69) is 5.32 Å². The van der Waals surface area contributed by atoms with E-state index in [1.54, 1.807) is 42.3 Å². The first kappa shape index (κ1) is 19.3. The van der Waals surface area contributed by atoms with Crippen LogP contribution in [0.25, 0.3) is 0 Å². The second-order valence-electron chi connectivity index (χ2n) is 8.19. The van der Waals surface area contributed by atoms with Gasteiger partial charge in [-0.2, -0.15) is 0 Å². The number of halogens is 1. The number of hydrogen-bond donors (Lipinski definition) is 1. The Hall–Kier alpha value is -3.67. The molecular weight excluding hydrogens is 395 g/mol. The van der Waals surface area contributed by atoms with Gasteiger partial charge in [-0.1, -0.05) is 18.2 Å². The Labute approximate surface area is 179 Å². The number of aryl methyl sites for hydroxylation is 1. The van der Waals surface area contributed by atoms with Gasteiger partial charge < -0.3 is 15.0 Å². The summed E-state index contributed by atoms with van der Waals surface area (Å²) >= 11 is 0. The van der Waals surface area contributed by atoms with Crippen LogP contribution in [0.2, 0.25) is 0 Å². The van der Waals surface area contributed by atoms with Crippen molar-refractivity contribution in [1.29, 1.82) is 0 Å². The summed E-state index contributed by atoms with van der Waals surface area (Å²) in [5.74, 6) is 0.343. The molecule has 0 aromatic heterocycles. The quantitative estimate of drug-likeness (QED) is 0.640. The molecule has 1 fully saturated rings. The van der Waals surface area contributed by atoms with Crippen molar-refractivity contribution in [2.24, 2.45) is 0 Å². The van der Waals surface area contributed by atoms with E-state index in [0.717, 1.165) is 11.1 Å². The normalized spacial score (nSPS) is 16.0. The molecule has 1 heterocycles. The number of carbonyl (C=O) groups excluding carboxylic acids is 2. The number of anilines is 2. The van der Waals surface area contributed by atoms with E-state index >= 15 is 0 Å². The predicted octanol–water partition coefficient (Wildman–Crippen LogP) is 5.19. The van der Waals surface area contributed by atoms with E-state index in [-0.39, 0.29) is 17.6 Å². The Morgan fingerprint density at radius 1 is 1.03 bits per heavy atom. The van der Waals surface area contributed by atoms with Crippen molar-refractivity contribution >= 4 is 23.2 Å². The summed E-state index contributed by atoms with van der Waals surface area (Å²) in [5.41, 5.74) is 2.76. The summed E-state index contributed by atoms with van der Waals surface area (Å²) in [6.45, 7) is 1.96. The van der Waals surface area contributed by atoms with Crippen LogP contribution < -0.4 is 15.0 Å². The fraction of sp³-hybridized carbons (Fsp3) is 0.200. The van der Waals surface area contributed by atoms with Gasteiger partial charge in [0.1, 0.15) is 11.6 Å². The van der Waals surface area contributed by atoms with Crippen molar-refractivity contribution in [1.82, 2.24) is 0 Å². The largest absolute Gasteiger partial charge is 0.454 e. The van der Waals surface area contributed by atoms with E-state index in [1.807, 2.05) is 25.1 Å². The fourth-order valence-corrected chi connectivity index (χ4v) is 4.04. The second kappa shape index (κ2) is 6.94. The third-order valence-corrected chi connectivity index (χ3v) is 6.05. The number of rotatable bonds is 3. The van der Waals surface area contributed by atoms with E-state index < -0.39 is 5.41 Å². The van der Waals surface area contributed by atoms with Gasteiger partial charge in [0, 0.05) is 12.7 Å². The molecule has 1 aliphatic carbocycles. The van der Waals surface area contributed by atoms with Gasteiger partial charge in [-0.15, -0.1) is 0 Å². The summed E-state index contributed by atoms with van der Waals surface area (Å²) in [4.78, 5) is 27.7. The minimum atomic E-state index is -0.647. The molecule has 1 saturated carbocycles. The molecule has 31 heavy (non-hydrogen) atoms. The highest BCUT2D eigenvalue weighted by Crippen LogP contribution is 2.49. The highest BCUT2D eigenvalue weighted by atomic mass is 19.1. The van der Waals surface area contributed by atoms with Crippen LogP contribution in [0.5, 0.6) is 11.5 Å². The highest BCUT2D eigenvalue weighted by Gasteiger charge is 2.51. The van der Waals surface area contributed by atoms with E-state index in [4.69, 9.17) is 4.74 Å². The summed E-state index contributed by atoms with van der Waals surface area (Å²) in [6, 6.07) is 16.8. The zero-order valence-electron chi connectivity index (χ0n) is 17.2. The molecule has 1 aliphatic heterocycles. The zero-order chi connectivity index (χ0) is 21.8. The lowest BCUT2D eigenvalue weighted by atomic mass is 9.95. The van der Waals surface area contributed by atoms with Gasteiger partial charge >= 0.3 is 0 Å². The number of nitrogens with zero attached hydrogens (tertiary/aromatic N) is 1. The summed E-state index contributed by atoms with van der Waals surface area (Å²) in [7, 11) is 1.71. The molecule has 0 unspecified atom stereocenters. The van der Waals surface area contributed by atoms with Gasteiger partial charge in [-0.3, -0.25) is 9.59 Å². The average molecular weight is 416 g/mol. The molecule has 2 aliphatic rings. The Balaban J connectivity index is 1.44. The van der Waals surface area contributed by atoms with Crippen LogP contribution in [0.15, 0.2) is 60.7 Å². The van der Waals surface area contributed by atoms with Crippen LogP contribution in [-0.4, -0.2) is 18.9 Å². The molecule has 5 rings (SSSR count). The van der Waals surface area contributed by atoms with E-state index in [9.17, 15) is 14.0 Å². The Morgan fingerprint density at radius 3 is 2.45 bits per heavy atom. The molecule has 3 aromatic rings. The van der Waals surface area contributed by atoms with Crippen LogP contribution in [-0.2, 0) is 10.2 Å². The maximum Gasteiger partial charge on any atom is 0.261 e. The molecule has 0 spiro atoms.